The number of hydrogen-bond donors (Lipinski definition) is 1. The fourth-order valence-corrected chi connectivity index (χ4v) is 6.27. The number of pyridine rings is 1. The molecule has 0 saturated heterocycles. The van der Waals surface area contributed by atoms with Gasteiger partial charge in [-0.3, -0.25) is 19.5 Å². The van der Waals surface area contributed by atoms with Gasteiger partial charge in [-0.1, -0.05) is 82.6 Å². The van der Waals surface area contributed by atoms with Crippen molar-refractivity contribution in [3.8, 4) is 16.9 Å². The highest BCUT2D eigenvalue weighted by molar-refractivity contribution is 6.32. The van der Waals surface area contributed by atoms with E-state index < -0.39 is 65.5 Å². The summed E-state index contributed by atoms with van der Waals surface area (Å²) in [5.74, 6) is -5.58. The predicted octanol–water partition coefficient (Wildman–Crippen LogP) is 8.06. The Hall–Kier alpha value is -4.85. The van der Waals surface area contributed by atoms with Crippen LogP contribution in [0.15, 0.2) is 78.2 Å². The Balaban J connectivity index is 1.59. The Labute approximate surface area is 304 Å². The SMILES string of the molecule is CC(C)(C)C[C@]1(c2ccc(-c3ccccn3)cc2)N=C(N)N([C@H](COC(=O)CC(C)(C)C(C)(F)F)c2ccc(Cl)c(-n3ncnc3C(F)F)c2)C1=O. The summed E-state index contributed by atoms with van der Waals surface area (Å²) in [7, 11) is 0. The van der Waals surface area contributed by atoms with Crippen LogP contribution < -0.4 is 5.73 Å². The van der Waals surface area contributed by atoms with Crippen molar-refractivity contribution in [3.05, 3.63) is 95.2 Å². The third-order valence-electron chi connectivity index (χ3n) is 9.08. The highest BCUT2D eigenvalue weighted by atomic mass is 35.5. The number of nitrogens with two attached hydrogens (primary N) is 1. The molecular weight excluding hydrogens is 702 g/mol. The van der Waals surface area contributed by atoms with Crippen molar-refractivity contribution in [1.82, 2.24) is 24.6 Å². The maximum absolute atomic E-state index is 14.9. The lowest BCUT2D eigenvalue weighted by Crippen LogP contribution is -2.47. The summed E-state index contributed by atoms with van der Waals surface area (Å²) in [6.07, 6.45) is -0.796. The number of ether oxygens (including phenoxy) is 1. The lowest BCUT2D eigenvalue weighted by atomic mass is 9.75. The van der Waals surface area contributed by atoms with Crippen molar-refractivity contribution in [3.63, 3.8) is 0 Å². The fraction of sp³-hybridized carbons (Fsp3) is 0.405. The molecule has 0 radical (unpaired) electrons. The zero-order chi connectivity index (χ0) is 38.2. The van der Waals surface area contributed by atoms with Gasteiger partial charge < -0.3 is 10.5 Å². The molecule has 0 fully saturated rings. The normalized spacial score (nSPS) is 17.4. The highest BCUT2D eigenvalue weighted by Gasteiger charge is 2.53. The van der Waals surface area contributed by atoms with E-state index in [1.807, 2.05) is 45.0 Å². The summed E-state index contributed by atoms with van der Waals surface area (Å²) < 4.78 is 62.8. The molecule has 2 N–H and O–H groups in total. The second-order valence-corrected chi connectivity index (χ2v) is 15.1. The van der Waals surface area contributed by atoms with E-state index in [9.17, 15) is 27.2 Å². The van der Waals surface area contributed by atoms with Crippen LogP contribution in [-0.4, -0.2) is 55.0 Å². The van der Waals surface area contributed by atoms with Crippen LogP contribution in [-0.2, 0) is 19.9 Å². The number of aliphatic imine (C=N–C) groups is 1. The summed E-state index contributed by atoms with van der Waals surface area (Å²) in [4.78, 5) is 42.0. The Bertz CT molecular complexity index is 1960. The van der Waals surface area contributed by atoms with E-state index in [2.05, 4.69) is 15.1 Å². The van der Waals surface area contributed by atoms with Gasteiger partial charge in [-0.2, -0.15) is 5.10 Å². The minimum Gasteiger partial charge on any atom is -0.463 e. The van der Waals surface area contributed by atoms with Crippen LogP contribution >= 0.6 is 11.6 Å². The maximum atomic E-state index is 14.9. The van der Waals surface area contributed by atoms with E-state index in [0.29, 0.717) is 12.5 Å². The van der Waals surface area contributed by atoms with Crippen LogP contribution in [0.4, 0.5) is 17.6 Å². The summed E-state index contributed by atoms with van der Waals surface area (Å²) in [5.41, 5.74) is 5.21. The van der Waals surface area contributed by atoms with E-state index in [1.165, 1.54) is 36.9 Å². The number of esters is 1. The first kappa shape index (κ1) is 38.4. The molecule has 276 valence electrons. The van der Waals surface area contributed by atoms with Gasteiger partial charge in [-0.25, -0.2) is 32.2 Å². The van der Waals surface area contributed by atoms with Crippen LogP contribution in [0.1, 0.15) is 83.8 Å². The Morgan fingerprint density at radius 3 is 2.29 bits per heavy atom. The maximum Gasteiger partial charge on any atom is 0.306 e. The van der Waals surface area contributed by atoms with E-state index in [0.717, 1.165) is 22.3 Å². The van der Waals surface area contributed by atoms with Gasteiger partial charge in [0.15, 0.2) is 17.3 Å². The molecule has 1 aliphatic heterocycles. The first-order chi connectivity index (χ1) is 24.2. The molecule has 0 unspecified atom stereocenters. The van der Waals surface area contributed by atoms with Crippen molar-refractivity contribution < 1.29 is 31.9 Å². The van der Waals surface area contributed by atoms with Gasteiger partial charge >= 0.3 is 5.97 Å². The molecule has 2 atom stereocenters. The number of halogens is 5. The molecule has 0 aliphatic carbocycles. The molecule has 52 heavy (non-hydrogen) atoms. The topological polar surface area (TPSA) is 129 Å². The molecule has 2 aromatic carbocycles. The molecule has 5 rings (SSSR count). The number of alkyl halides is 4. The second kappa shape index (κ2) is 14.3. The number of nitrogens with zero attached hydrogens (tertiary/aromatic N) is 6. The molecule has 0 bridgehead atoms. The van der Waals surface area contributed by atoms with Crippen molar-refractivity contribution in [2.45, 2.75) is 78.3 Å². The summed E-state index contributed by atoms with van der Waals surface area (Å²) in [5, 5.41) is 3.95. The van der Waals surface area contributed by atoms with Gasteiger partial charge in [-0.05, 0) is 54.2 Å². The van der Waals surface area contributed by atoms with E-state index >= 15 is 0 Å². The Kier molecular flexibility index (Phi) is 10.5. The summed E-state index contributed by atoms with van der Waals surface area (Å²) in [6.45, 7) is 8.51. The predicted molar refractivity (Wildman–Crippen MR) is 188 cm³/mol. The van der Waals surface area contributed by atoms with E-state index in [1.54, 1.807) is 24.4 Å². The monoisotopic (exact) mass is 741 g/mol. The summed E-state index contributed by atoms with van der Waals surface area (Å²) in [6, 6.07) is 15.9. The second-order valence-electron chi connectivity index (χ2n) is 14.7. The third kappa shape index (κ3) is 7.81. The van der Waals surface area contributed by atoms with Gasteiger partial charge in [0.2, 0.25) is 0 Å². The standard InChI is InChI=1S/C37H40ClF4N7O3/c1-34(2,3)20-37(24-13-10-22(11-14-24)26-9-7-8-16-44-26)32(51)48(33(43)47-37)28(19-52-29(50)18-35(4,5)36(6,41)42)23-12-15-25(38)27(17-23)49-31(30(39)40)45-21-46-49/h7-17,21,28,30H,18-20H2,1-6H3,(H2,43,47)/t28-,37-/m1/s1. The van der Waals surface area contributed by atoms with Gasteiger partial charge in [0.25, 0.3) is 18.3 Å². The molecule has 1 aliphatic rings. The van der Waals surface area contributed by atoms with Crippen molar-refractivity contribution in [1.29, 1.82) is 0 Å². The van der Waals surface area contributed by atoms with Gasteiger partial charge in [0, 0.05) is 17.2 Å². The minimum atomic E-state index is -3.21. The first-order valence-electron chi connectivity index (χ1n) is 16.5. The summed E-state index contributed by atoms with van der Waals surface area (Å²) >= 11 is 6.46. The number of aromatic nitrogens is 4. The number of amides is 1. The van der Waals surface area contributed by atoms with Gasteiger partial charge in [0.1, 0.15) is 12.9 Å². The quantitative estimate of drug-likeness (QED) is 0.115. The molecule has 10 nitrogen and oxygen atoms in total. The number of guanidine groups is 1. The van der Waals surface area contributed by atoms with Gasteiger partial charge in [-0.15, -0.1) is 0 Å². The Morgan fingerprint density at radius 1 is 1.00 bits per heavy atom. The Morgan fingerprint density at radius 2 is 1.69 bits per heavy atom. The van der Waals surface area contributed by atoms with Crippen molar-refractivity contribution >= 4 is 29.4 Å². The molecule has 1 amide bonds. The molecule has 0 spiro atoms. The van der Waals surface area contributed by atoms with E-state index in [-0.39, 0.29) is 28.7 Å². The fourth-order valence-electron chi connectivity index (χ4n) is 6.07. The van der Waals surface area contributed by atoms with Crippen molar-refractivity contribution in [2.24, 2.45) is 21.6 Å². The van der Waals surface area contributed by atoms with Crippen LogP contribution in [0.3, 0.4) is 0 Å². The van der Waals surface area contributed by atoms with Crippen LogP contribution in [0.2, 0.25) is 5.02 Å². The first-order valence-corrected chi connectivity index (χ1v) is 16.8. The largest absolute Gasteiger partial charge is 0.463 e. The average molecular weight is 742 g/mol. The van der Waals surface area contributed by atoms with Crippen LogP contribution in [0.5, 0.6) is 0 Å². The smallest absolute Gasteiger partial charge is 0.306 e. The van der Waals surface area contributed by atoms with Gasteiger partial charge in [0.05, 0.1) is 28.9 Å². The molecule has 4 aromatic rings. The number of carbonyl (C=O) groups is 2. The average Bonchev–Trinajstić information content (AvgIpc) is 3.64. The highest BCUT2D eigenvalue weighted by Crippen LogP contribution is 2.46. The number of benzene rings is 2. The van der Waals surface area contributed by atoms with Crippen LogP contribution in [0, 0.1) is 10.8 Å². The molecule has 2 aromatic heterocycles. The number of hydrogen-bond acceptors (Lipinski definition) is 8. The molecular formula is C37H40ClF4N7O3. The minimum absolute atomic E-state index is 0.00303. The molecule has 15 heteroatoms. The van der Waals surface area contributed by atoms with E-state index in [4.69, 9.17) is 27.1 Å². The number of carbonyl (C=O) groups excluding carboxylic acids is 2. The lowest BCUT2D eigenvalue weighted by molar-refractivity contribution is -0.157. The zero-order valence-electron chi connectivity index (χ0n) is 29.6. The molecule has 3 heterocycles. The zero-order valence-corrected chi connectivity index (χ0v) is 30.3. The van der Waals surface area contributed by atoms with Crippen molar-refractivity contribution in [2.75, 3.05) is 6.61 Å². The van der Waals surface area contributed by atoms with Crippen LogP contribution in [0.25, 0.3) is 16.9 Å². The lowest BCUT2D eigenvalue weighted by Gasteiger charge is -2.35. The third-order valence-corrected chi connectivity index (χ3v) is 9.39. The molecule has 0 saturated carbocycles. The number of rotatable bonds is 12.